The van der Waals surface area contributed by atoms with Crippen molar-refractivity contribution in [1.29, 1.82) is 5.26 Å². The molecule has 0 saturated heterocycles. The van der Waals surface area contributed by atoms with E-state index in [-0.39, 0.29) is 31.6 Å². The van der Waals surface area contributed by atoms with Gasteiger partial charge in [-0.05, 0) is 42.9 Å². The van der Waals surface area contributed by atoms with Gasteiger partial charge in [0.15, 0.2) is 6.61 Å². The largest absolute Gasteiger partial charge is 0.479 e. The third-order valence-electron chi connectivity index (χ3n) is 3.54. The molecule has 1 aromatic rings. The van der Waals surface area contributed by atoms with Crippen molar-refractivity contribution in [3.05, 3.63) is 29.8 Å². The summed E-state index contributed by atoms with van der Waals surface area (Å²) in [6.45, 7) is 0.0921. The summed E-state index contributed by atoms with van der Waals surface area (Å²) in [5.41, 5.74) is 0.849. The van der Waals surface area contributed by atoms with E-state index in [1.807, 2.05) is 12.1 Å². The molecule has 1 aromatic carbocycles. The second kappa shape index (κ2) is 7.65. The molecule has 5 nitrogen and oxygen atoms in total. The maximum atomic E-state index is 12.1. The molecule has 0 bridgehead atoms. The molecule has 1 atom stereocenters. The molecule has 1 aliphatic carbocycles. The highest BCUT2D eigenvalue weighted by atomic mass is 16.5. The van der Waals surface area contributed by atoms with Gasteiger partial charge in [-0.25, -0.2) is 0 Å². The third kappa shape index (κ3) is 5.09. The van der Waals surface area contributed by atoms with Crippen molar-refractivity contribution in [1.82, 2.24) is 5.32 Å². The lowest BCUT2D eigenvalue weighted by atomic mass is 10.1. The third-order valence-corrected chi connectivity index (χ3v) is 3.54. The minimum absolute atomic E-state index is 0.00406. The van der Waals surface area contributed by atoms with Crippen molar-refractivity contribution in [2.75, 3.05) is 13.2 Å². The van der Waals surface area contributed by atoms with Crippen LogP contribution in [0.5, 0.6) is 5.75 Å². The van der Waals surface area contributed by atoms with E-state index in [9.17, 15) is 4.79 Å². The molecule has 0 aliphatic heterocycles. The zero-order valence-electron chi connectivity index (χ0n) is 11.9. The molecule has 1 fully saturated rings. The molecule has 1 unspecified atom stereocenters. The van der Waals surface area contributed by atoms with Crippen molar-refractivity contribution >= 4 is 5.91 Å². The van der Waals surface area contributed by atoms with Gasteiger partial charge in [0.2, 0.25) is 5.91 Å². The maximum absolute atomic E-state index is 12.1. The van der Waals surface area contributed by atoms with Crippen molar-refractivity contribution in [3.63, 3.8) is 0 Å². The van der Waals surface area contributed by atoms with E-state index in [0.29, 0.717) is 18.1 Å². The first kappa shape index (κ1) is 15.3. The number of rotatable bonds is 8. The smallest absolute Gasteiger partial charge is 0.224 e. The average Bonchev–Trinajstić information content (AvgIpc) is 3.29. The molecule has 21 heavy (non-hydrogen) atoms. The van der Waals surface area contributed by atoms with Crippen LogP contribution in [0.1, 0.15) is 24.8 Å². The van der Waals surface area contributed by atoms with E-state index in [1.165, 1.54) is 0 Å². The van der Waals surface area contributed by atoms with Crippen LogP contribution in [0.25, 0.3) is 0 Å². The van der Waals surface area contributed by atoms with Crippen molar-refractivity contribution in [2.24, 2.45) is 5.92 Å². The minimum Gasteiger partial charge on any atom is -0.479 e. The Balaban J connectivity index is 1.88. The standard InChI is InChI=1S/C16H20N2O3/c17-7-9-21-14-3-1-2-12(10-14)11-16(20)18-15(6-8-19)13-4-5-13/h1-3,10,13,15,19H,4-6,8-9,11H2,(H,18,20). The quantitative estimate of drug-likeness (QED) is 0.757. The minimum atomic E-state index is -0.0437. The number of benzene rings is 1. The normalized spacial score (nSPS) is 15.0. The van der Waals surface area contributed by atoms with Gasteiger partial charge in [-0.3, -0.25) is 4.79 Å². The Bertz CT molecular complexity index is 520. The number of aliphatic hydroxyl groups is 1. The highest BCUT2D eigenvalue weighted by molar-refractivity contribution is 5.79. The number of nitrogens with one attached hydrogen (secondary N) is 1. The van der Waals surface area contributed by atoms with E-state index in [1.54, 1.807) is 18.2 Å². The number of hydrogen-bond acceptors (Lipinski definition) is 4. The Morgan fingerprint density at radius 1 is 1.52 bits per heavy atom. The average molecular weight is 288 g/mol. The van der Waals surface area contributed by atoms with E-state index in [4.69, 9.17) is 15.1 Å². The number of ether oxygens (including phenoxy) is 1. The van der Waals surface area contributed by atoms with Gasteiger partial charge < -0.3 is 15.2 Å². The van der Waals surface area contributed by atoms with E-state index in [2.05, 4.69) is 5.32 Å². The lowest BCUT2D eigenvalue weighted by molar-refractivity contribution is -0.121. The molecule has 1 aliphatic rings. The molecule has 2 N–H and O–H groups in total. The first-order valence-corrected chi connectivity index (χ1v) is 7.22. The summed E-state index contributed by atoms with van der Waals surface area (Å²) in [6, 6.07) is 9.19. The summed E-state index contributed by atoms with van der Waals surface area (Å²) >= 11 is 0. The van der Waals surface area contributed by atoms with Crippen LogP contribution in [0.3, 0.4) is 0 Å². The molecule has 0 heterocycles. The number of nitriles is 1. The number of aliphatic hydroxyl groups excluding tert-OH is 1. The molecule has 5 heteroatoms. The van der Waals surface area contributed by atoms with Gasteiger partial charge in [0.05, 0.1) is 6.42 Å². The zero-order valence-corrected chi connectivity index (χ0v) is 11.9. The first-order chi connectivity index (χ1) is 10.2. The summed E-state index contributed by atoms with van der Waals surface area (Å²) < 4.78 is 5.22. The Morgan fingerprint density at radius 3 is 3.00 bits per heavy atom. The Hall–Kier alpha value is -2.06. The van der Waals surface area contributed by atoms with Crippen LogP contribution in [0.2, 0.25) is 0 Å². The highest BCUT2D eigenvalue weighted by Gasteiger charge is 2.31. The van der Waals surface area contributed by atoms with E-state index in [0.717, 1.165) is 18.4 Å². The van der Waals surface area contributed by atoms with Crippen LogP contribution in [0, 0.1) is 17.2 Å². The lowest BCUT2D eigenvalue weighted by Gasteiger charge is -2.17. The first-order valence-electron chi connectivity index (χ1n) is 7.22. The maximum Gasteiger partial charge on any atom is 0.224 e. The van der Waals surface area contributed by atoms with Crippen molar-refractivity contribution < 1.29 is 14.6 Å². The second-order valence-electron chi connectivity index (χ2n) is 5.29. The van der Waals surface area contributed by atoms with Crippen LogP contribution < -0.4 is 10.1 Å². The fourth-order valence-electron chi connectivity index (χ4n) is 2.37. The predicted molar refractivity (Wildman–Crippen MR) is 77.6 cm³/mol. The number of nitrogens with zero attached hydrogens (tertiary/aromatic N) is 1. The van der Waals surface area contributed by atoms with Crippen LogP contribution in [0.4, 0.5) is 0 Å². The van der Waals surface area contributed by atoms with E-state index >= 15 is 0 Å². The number of carbonyl (C=O) groups excluding carboxylic acids is 1. The van der Waals surface area contributed by atoms with Gasteiger partial charge in [0, 0.05) is 12.6 Å². The van der Waals surface area contributed by atoms with Crippen LogP contribution >= 0.6 is 0 Å². The fraction of sp³-hybridized carbons (Fsp3) is 0.500. The number of carbonyl (C=O) groups is 1. The Labute approximate surface area is 124 Å². The highest BCUT2D eigenvalue weighted by Crippen LogP contribution is 2.33. The summed E-state index contributed by atoms with van der Waals surface area (Å²) in [5.74, 6) is 1.07. The molecular formula is C16H20N2O3. The molecule has 0 spiro atoms. The van der Waals surface area contributed by atoms with Gasteiger partial charge in [0.1, 0.15) is 11.8 Å². The monoisotopic (exact) mass is 288 g/mol. The van der Waals surface area contributed by atoms with Crippen LogP contribution in [-0.4, -0.2) is 30.3 Å². The number of amides is 1. The van der Waals surface area contributed by atoms with Crippen LogP contribution in [0.15, 0.2) is 24.3 Å². The summed E-state index contributed by atoms with van der Waals surface area (Å²) in [4.78, 5) is 12.1. The van der Waals surface area contributed by atoms with Gasteiger partial charge in [-0.2, -0.15) is 5.26 Å². The Morgan fingerprint density at radius 2 is 2.33 bits per heavy atom. The topological polar surface area (TPSA) is 82.3 Å². The molecule has 1 amide bonds. The molecule has 112 valence electrons. The van der Waals surface area contributed by atoms with Crippen LogP contribution in [-0.2, 0) is 11.2 Å². The van der Waals surface area contributed by atoms with E-state index < -0.39 is 0 Å². The van der Waals surface area contributed by atoms with Crippen molar-refractivity contribution in [3.8, 4) is 11.8 Å². The summed E-state index contributed by atoms with van der Waals surface area (Å²) in [5, 5.41) is 20.5. The zero-order chi connectivity index (χ0) is 15.1. The molecule has 0 radical (unpaired) electrons. The molecular weight excluding hydrogens is 268 g/mol. The SMILES string of the molecule is N#CCOc1cccc(CC(=O)NC(CCO)C2CC2)c1. The summed E-state index contributed by atoms with van der Waals surface area (Å²) in [7, 11) is 0. The van der Waals surface area contributed by atoms with Gasteiger partial charge >= 0.3 is 0 Å². The summed E-state index contributed by atoms with van der Waals surface area (Å²) in [6.07, 6.45) is 3.14. The molecule has 1 saturated carbocycles. The predicted octanol–water partition coefficient (Wildman–Crippen LogP) is 1.41. The Kier molecular flexibility index (Phi) is 5.59. The lowest BCUT2D eigenvalue weighted by Crippen LogP contribution is -2.38. The van der Waals surface area contributed by atoms with Gasteiger partial charge in [0.25, 0.3) is 0 Å². The second-order valence-corrected chi connectivity index (χ2v) is 5.29. The van der Waals surface area contributed by atoms with Crippen molar-refractivity contribution in [2.45, 2.75) is 31.7 Å². The van der Waals surface area contributed by atoms with Gasteiger partial charge in [-0.1, -0.05) is 12.1 Å². The molecule has 0 aromatic heterocycles. The molecule has 2 rings (SSSR count). The fourth-order valence-corrected chi connectivity index (χ4v) is 2.37. The number of hydrogen-bond donors (Lipinski definition) is 2. The van der Waals surface area contributed by atoms with Gasteiger partial charge in [-0.15, -0.1) is 0 Å².